The van der Waals surface area contributed by atoms with E-state index in [2.05, 4.69) is 10.1 Å². The molecule has 0 aliphatic heterocycles. The first kappa shape index (κ1) is 16.2. The maximum Gasteiger partial charge on any atom is 0.305 e. The number of hydrogen-bond acceptors (Lipinski definition) is 4. The summed E-state index contributed by atoms with van der Waals surface area (Å²) in [6.45, 7) is 3.74. The average Bonchev–Trinajstić information content (AvgIpc) is 2.42. The lowest BCUT2D eigenvalue weighted by molar-refractivity contribution is -0.140. The zero-order valence-corrected chi connectivity index (χ0v) is 12.1. The summed E-state index contributed by atoms with van der Waals surface area (Å²) in [7, 11) is 1.34. The molecule has 0 aromatic heterocycles. The van der Waals surface area contributed by atoms with Crippen molar-refractivity contribution in [3.8, 4) is 0 Å². The molecule has 2 N–H and O–H groups in total. The van der Waals surface area contributed by atoms with E-state index in [9.17, 15) is 14.7 Å². The number of hydrogen-bond donors (Lipinski definition) is 2. The molecule has 0 saturated heterocycles. The number of benzene rings is 1. The van der Waals surface area contributed by atoms with Crippen LogP contribution >= 0.6 is 0 Å². The van der Waals surface area contributed by atoms with Crippen molar-refractivity contribution in [3.05, 3.63) is 35.4 Å². The van der Waals surface area contributed by atoms with Crippen LogP contribution in [0.4, 0.5) is 0 Å². The van der Waals surface area contributed by atoms with E-state index in [4.69, 9.17) is 0 Å². The lowest BCUT2D eigenvalue weighted by Crippen LogP contribution is -2.25. The third-order valence-electron chi connectivity index (χ3n) is 2.90. The van der Waals surface area contributed by atoms with Crippen molar-refractivity contribution in [3.63, 3.8) is 0 Å². The summed E-state index contributed by atoms with van der Waals surface area (Å²) in [6.07, 6.45) is 0.810. The molecule has 0 fully saturated rings. The molecule has 0 unspecified atom stereocenters. The summed E-state index contributed by atoms with van der Waals surface area (Å²) in [5.41, 5.74) is 0.184. The van der Waals surface area contributed by atoms with Gasteiger partial charge in [-0.3, -0.25) is 9.59 Å². The lowest BCUT2D eigenvalue weighted by Gasteiger charge is -2.18. The van der Waals surface area contributed by atoms with Gasteiger partial charge >= 0.3 is 5.97 Å². The standard InChI is InChI=1S/C15H21NO4/c1-15(2,19)12-7-4-6-11(10-12)14(18)16-9-5-8-13(17)20-3/h4,6-7,10,19H,5,8-9H2,1-3H3,(H,16,18). The topological polar surface area (TPSA) is 75.6 Å². The van der Waals surface area contributed by atoms with Gasteiger partial charge in [-0.1, -0.05) is 12.1 Å². The minimum absolute atomic E-state index is 0.221. The lowest BCUT2D eigenvalue weighted by atomic mass is 9.96. The molecule has 5 heteroatoms. The van der Waals surface area contributed by atoms with Crippen LogP contribution in [0.1, 0.15) is 42.6 Å². The van der Waals surface area contributed by atoms with Gasteiger partial charge in [-0.05, 0) is 38.0 Å². The number of carbonyl (C=O) groups excluding carboxylic acids is 2. The second-order valence-electron chi connectivity index (χ2n) is 5.08. The monoisotopic (exact) mass is 279 g/mol. The Morgan fingerprint density at radius 2 is 2.05 bits per heavy atom. The van der Waals surface area contributed by atoms with E-state index in [0.717, 1.165) is 0 Å². The smallest absolute Gasteiger partial charge is 0.305 e. The fourth-order valence-corrected chi connectivity index (χ4v) is 1.68. The first-order chi connectivity index (χ1) is 9.34. The predicted octanol–water partition coefficient (Wildman–Crippen LogP) is 1.60. The van der Waals surface area contributed by atoms with Gasteiger partial charge < -0.3 is 15.2 Å². The third kappa shape index (κ3) is 5.01. The van der Waals surface area contributed by atoms with Gasteiger partial charge in [0.05, 0.1) is 12.7 Å². The number of carbonyl (C=O) groups is 2. The van der Waals surface area contributed by atoms with Gasteiger partial charge in [0.1, 0.15) is 0 Å². The van der Waals surface area contributed by atoms with E-state index in [1.165, 1.54) is 7.11 Å². The van der Waals surface area contributed by atoms with Crippen molar-refractivity contribution < 1.29 is 19.4 Å². The number of esters is 1. The van der Waals surface area contributed by atoms with Crippen molar-refractivity contribution >= 4 is 11.9 Å². The van der Waals surface area contributed by atoms with E-state index < -0.39 is 5.60 Å². The molecule has 0 aliphatic rings. The number of amides is 1. The van der Waals surface area contributed by atoms with Crippen molar-refractivity contribution in [1.82, 2.24) is 5.32 Å². The van der Waals surface area contributed by atoms with Crippen LogP contribution in [0.2, 0.25) is 0 Å². The van der Waals surface area contributed by atoms with Gasteiger partial charge in [0.25, 0.3) is 5.91 Å². The first-order valence-corrected chi connectivity index (χ1v) is 6.52. The van der Waals surface area contributed by atoms with Crippen molar-refractivity contribution in [1.29, 1.82) is 0 Å². The van der Waals surface area contributed by atoms with Gasteiger partial charge in [-0.2, -0.15) is 0 Å². The Morgan fingerprint density at radius 3 is 2.65 bits per heavy atom. The fourth-order valence-electron chi connectivity index (χ4n) is 1.68. The highest BCUT2D eigenvalue weighted by molar-refractivity contribution is 5.94. The average molecular weight is 279 g/mol. The molecule has 110 valence electrons. The van der Waals surface area contributed by atoms with Crippen molar-refractivity contribution in [2.45, 2.75) is 32.3 Å². The van der Waals surface area contributed by atoms with Gasteiger partial charge in [0.15, 0.2) is 0 Å². The van der Waals surface area contributed by atoms with E-state index in [0.29, 0.717) is 24.1 Å². The summed E-state index contributed by atoms with van der Waals surface area (Å²) in [6, 6.07) is 6.85. The molecule has 0 aliphatic carbocycles. The molecule has 20 heavy (non-hydrogen) atoms. The highest BCUT2D eigenvalue weighted by Crippen LogP contribution is 2.20. The number of methoxy groups -OCH3 is 1. The van der Waals surface area contributed by atoms with Gasteiger partial charge in [-0.15, -0.1) is 0 Å². The number of nitrogens with one attached hydrogen (secondary N) is 1. The van der Waals surface area contributed by atoms with E-state index in [-0.39, 0.29) is 18.3 Å². The SMILES string of the molecule is COC(=O)CCCNC(=O)c1cccc(C(C)(C)O)c1. The summed E-state index contributed by atoms with van der Waals surface area (Å²) in [4.78, 5) is 22.8. The van der Waals surface area contributed by atoms with Crippen molar-refractivity contribution in [2.75, 3.05) is 13.7 Å². The number of ether oxygens (including phenoxy) is 1. The molecular weight excluding hydrogens is 258 g/mol. The quantitative estimate of drug-likeness (QED) is 0.612. The largest absolute Gasteiger partial charge is 0.469 e. The maximum absolute atomic E-state index is 11.9. The second kappa shape index (κ2) is 7.05. The maximum atomic E-state index is 11.9. The van der Waals surface area contributed by atoms with Gasteiger partial charge in [0.2, 0.25) is 0 Å². The van der Waals surface area contributed by atoms with Crippen LogP contribution in [0.5, 0.6) is 0 Å². The van der Waals surface area contributed by atoms with Crippen LogP contribution in [0.3, 0.4) is 0 Å². The van der Waals surface area contributed by atoms with E-state index >= 15 is 0 Å². The molecule has 0 atom stereocenters. The Morgan fingerprint density at radius 1 is 1.35 bits per heavy atom. The zero-order valence-electron chi connectivity index (χ0n) is 12.1. The summed E-state index contributed by atoms with van der Waals surface area (Å²) < 4.78 is 4.52. The molecule has 1 aromatic rings. The molecule has 1 rings (SSSR count). The molecule has 0 spiro atoms. The van der Waals surface area contributed by atoms with Crippen LogP contribution in [-0.2, 0) is 15.1 Å². The van der Waals surface area contributed by atoms with E-state index in [1.54, 1.807) is 38.1 Å². The zero-order chi connectivity index (χ0) is 15.2. The van der Waals surface area contributed by atoms with Crippen LogP contribution in [0.15, 0.2) is 24.3 Å². The normalized spacial score (nSPS) is 11.0. The molecule has 5 nitrogen and oxygen atoms in total. The Kier molecular flexibility index (Phi) is 5.70. The fraction of sp³-hybridized carbons (Fsp3) is 0.467. The molecule has 0 bridgehead atoms. The number of aliphatic hydroxyl groups is 1. The van der Waals surface area contributed by atoms with Crippen molar-refractivity contribution in [2.24, 2.45) is 0 Å². The van der Waals surface area contributed by atoms with Crippen LogP contribution in [0, 0.1) is 0 Å². The molecule has 0 saturated carbocycles. The Labute approximate surface area is 118 Å². The van der Waals surface area contributed by atoms with Gasteiger partial charge in [0, 0.05) is 18.5 Å². The Bertz CT molecular complexity index is 477. The third-order valence-corrected chi connectivity index (χ3v) is 2.90. The molecule has 1 aromatic carbocycles. The molecule has 1 amide bonds. The highest BCUT2D eigenvalue weighted by atomic mass is 16.5. The second-order valence-corrected chi connectivity index (χ2v) is 5.08. The minimum Gasteiger partial charge on any atom is -0.469 e. The summed E-state index contributed by atoms with van der Waals surface area (Å²) in [5, 5.41) is 12.6. The van der Waals surface area contributed by atoms with Crippen LogP contribution in [-0.4, -0.2) is 30.6 Å². The van der Waals surface area contributed by atoms with Crippen LogP contribution in [0.25, 0.3) is 0 Å². The summed E-state index contributed by atoms with van der Waals surface area (Å²) in [5.74, 6) is -0.510. The summed E-state index contributed by atoms with van der Waals surface area (Å²) >= 11 is 0. The highest BCUT2D eigenvalue weighted by Gasteiger charge is 2.17. The number of rotatable bonds is 6. The first-order valence-electron chi connectivity index (χ1n) is 6.52. The molecule has 0 heterocycles. The van der Waals surface area contributed by atoms with Gasteiger partial charge in [-0.25, -0.2) is 0 Å². The van der Waals surface area contributed by atoms with Crippen LogP contribution < -0.4 is 5.32 Å². The molecular formula is C15H21NO4. The minimum atomic E-state index is -0.985. The van der Waals surface area contributed by atoms with E-state index in [1.807, 2.05) is 0 Å². The predicted molar refractivity (Wildman–Crippen MR) is 75.3 cm³/mol. The Hall–Kier alpha value is -1.88. The molecule has 0 radical (unpaired) electrons. The Balaban J connectivity index is 2.54.